The van der Waals surface area contributed by atoms with E-state index >= 15 is 0 Å². The Morgan fingerprint density at radius 3 is 2.40 bits per heavy atom. The Balaban J connectivity index is 1.85. The number of aromatic nitrogens is 3. The summed E-state index contributed by atoms with van der Waals surface area (Å²) in [5.74, 6) is -1.74. The number of pyridine rings is 1. The molecule has 3 atom stereocenters. The highest BCUT2D eigenvalue weighted by molar-refractivity contribution is 5.92. The zero-order valence-electron chi connectivity index (χ0n) is 20.6. The van der Waals surface area contributed by atoms with Gasteiger partial charge in [-0.2, -0.15) is 5.10 Å². The molecule has 0 aliphatic heterocycles. The molecule has 1 aromatic carbocycles. The van der Waals surface area contributed by atoms with Crippen LogP contribution in [-0.2, 0) is 5.41 Å². The fourth-order valence-electron chi connectivity index (χ4n) is 5.32. The first-order valence-electron chi connectivity index (χ1n) is 11.8. The lowest BCUT2D eigenvalue weighted by Crippen LogP contribution is -2.40. The van der Waals surface area contributed by atoms with Crippen molar-refractivity contribution in [1.82, 2.24) is 20.5 Å². The van der Waals surface area contributed by atoms with Crippen molar-refractivity contribution >= 4 is 5.91 Å². The number of carbonyl (C=O) groups is 1. The van der Waals surface area contributed by atoms with Gasteiger partial charge in [-0.15, -0.1) is 5.10 Å². The van der Waals surface area contributed by atoms with Gasteiger partial charge in [-0.05, 0) is 67.5 Å². The SMILES string of the molecule is CC[C@H]1c2cc(-c3c(F)cccc3F)nnc2[C@](C)(c2cccc(C(=O)NC[C@H](C)O)n2)C1(C)C. The summed E-state index contributed by atoms with van der Waals surface area (Å²) in [4.78, 5) is 17.3. The zero-order chi connectivity index (χ0) is 25.5. The molecule has 1 aliphatic rings. The maximum absolute atomic E-state index is 14.5. The molecular formula is C27H30F2N4O2. The van der Waals surface area contributed by atoms with Crippen LogP contribution in [0, 0.1) is 17.0 Å². The lowest BCUT2D eigenvalue weighted by molar-refractivity contribution is 0.0917. The summed E-state index contributed by atoms with van der Waals surface area (Å²) in [5, 5.41) is 20.9. The molecule has 1 aliphatic carbocycles. The van der Waals surface area contributed by atoms with Crippen molar-refractivity contribution in [2.75, 3.05) is 6.54 Å². The van der Waals surface area contributed by atoms with E-state index in [1.165, 1.54) is 18.2 Å². The molecule has 0 bridgehead atoms. The largest absolute Gasteiger partial charge is 0.392 e. The van der Waals surface area contributed by atoms with Gasteiger partial charge in [0.15, 0.2) is 0 Å². The highest BCUT2D eigenvalue weighted by atomic mass is 19.1. The predicted octanol–water partition coefficient (Wildman–Crippen LogP) is 4.77. The van der Waals surface area contributed by atoms with E-state index < -0.39 is 28.6 Å². The van der Waals surface area contributed by atoms with Crippen LogP contribution in [-0.4, -0.2) is 38.8 Å². The molecule has 0 radical (unpaired) electrons. The monoisotopic (exact) mass is 480 g/mol. The van der Waals surface area contributed by atoms with Crippen LogP contribution in [0.4, 0.5) is 8.78 Å². The van der Waals surface area contributed by atoms with E-state index in [1.54, 1.807) is 25.1 Å². The van der Waals surface area contributed by atoms with E-state index in [9.17, 15) is 18.7 Å². The van der Waals surface area contributed by atoms with Crippen molar-refractivity contribution in [2.24, 2.45) is 5.41 Å². The van der Waals surface area contributed by atoms with Crippen molar-refractivity contribution < 1.29 is 18.7 Å². The number of hydrogen-bond donors (Lipinski definition) is 2. The minimum atomic E-state index is -0.719. The van der Waals surface area contributed by atoms with Gasteiger partial charge in [0.25, 0.3) is 5.91 Å². The topological polar surface area (TPSA) is 88.0 Å². The van der Waals surface area contributed by atoms with Crippen LogP contribution < -0.4 is 5.32 Å². The molecular weight excluding hydrogens is 450 g/mol. The first-order valence-corrected chi connectivity index (χ1v) is 11.8. The third-order valence-corrected chi connectivity index (χ3v) is 7.51. The average Bonchev–Trinajstić information content (AvgIpc) is 2.99. The lowest BCUT2D eigenvalue weighted by atomic mass is 9.62. The fraction of sp³-hybridized carbons (Fsp3) is 0.407. The van der Waals surface area contributed by atoms with Crippen LogP contribution in [0.25, 0.3) is 11.3 Å². The second-order valence-corrected chi connectivity index (χ2v) is 9.90. The molecule has 0 spiro atoms. The Morgan fingerprint density at radius 1 is 1.11 bits per heavy atom. The van der Waals surface area contributed by atoms with Crippen molar-refractivity contribution in [1.29, 1.82) is 0 Å². The average molecular weight is 481 g/mol. The van der Waals surface area contributed by atoms with Crippen molar-refractivity contribution in [3.05, 3.63) is 76.7 Å². The Hall–Kier alpha value is -3.26. The number of hydrogen-bond acceptors (Lipinski definition) is 5. The summed E-state index contributed by atoms with van der Waals surface area (Å²) in [7, 11) is 0. The lowest BCUT2D eigenvalue weighted by Gasteiger charge is -2.41. The van der Waals surface area contributed by atoms with Gasteiger partial charge < -0.3 is 10.4 Å². The van der Waals surface area contributed by atoms with Crippen LogP contribution >= 0.6 is 0 Å². The van der Waals surface area contributed by atoms with E-state index in [2.05, 4.69) is 36.3 Å². The Morgan fingerprint density at radius 2 is 1.77 bits per heavy atom. The predicted molar refractivity (Wildman–Crippen MR) is 129 cm³/mol. The molecule has 1 amide bonds. The van der Waals surface area contributed by atoms with Crippen LogP contribution in [0.1, 0.15) is 74.4 Å². The summed E-state index contributed by atoms with van der Waals surface area (Å²) in [6, 6.07) is 10.7. The number of halogens is 2. The standard InChI is InChI=1S/C27H30F2N4O2/c1-6-17-16-13-21(23-18(28)9-7-10-19(23)29)32-33-24(16)27(5,26(17,3)4)22-12-8-11-20(31-22)25(35)30-14-15(2)34/h7-13,15,17,34H,6,14H2,1-5H3,(H,30,35)/t15-,17-,27-/m0/s1. The van der Waals surface area contributed by atoms with Gasteiger partial charge in [0.05, 0.1) is 34.2 Å². The smallest absolute Gasteiger partial charge is 0.269 e. The van der Waals surface area contributed by atoms with Crippen molar-refractivity contribution in [3.8, 4) is 11.3 Å². The molecule has 2 N–H and O–H groups in total. The molecule has 6 nitrogen and oxygen atoms in total. The number of rotatable bonds is 6. The minimum absolute atomic E-state index is 0.0149. The normalized spacial score (nSPS) is 21.4. The Kier molecular flexibility index (Phi) is 6.44. The molecule has 35 heavy (non-hydrogen) atoms. The van der Waals surface area contributed by atoms with Crippen molar-refractivity contribution in [2.45, 2.75) is 58.5 Å². The van der Waals surface area contributed by atoms with E-state index in [-0.39, 0.29) is 35.3 Å². The van der Waals surface area contributed by atoms with Gasteiger partial charge in [0.1, 0.15) is 17.3 Å². The summed E-state index contributed by atoms with van der Waals surface area (Å²) in [6.45, 7) is 10.0. The van der Waals surface area contributed by atoms with Crippen LogP contribution in [0.3, 0.4) is 0 Å². The number of carbonyl (C=O) groups excluding carboxylic acids is 1. The minimum Gasteiger partial charge on any atom is -0.392 e. The highest BCUT2D eigenvalue weighted by Gasteiger charge is 2.57. The quantitative estimate of drug-likeness (QED) is 0.531. The Bertz CT molecular complexity index is 1260. The molecule has 0 fully saturated rings. The number of amides is 1. The molecule has 2 aromatic heterocycles. The molecule has 2 heterocycles. The van der Waals surface area contributed by atoms with Gasteiger partial charge >= 0.3 is 0 Å². The number of nitrogens with zero attached hydrogens (tertiary/aromatic N) is 3. The second kappa shape index (κ2) is 9.07. The Labute approximate surface area is 203 Å². The van der Waals surface area contributed by atoms with Crippen LogP contribution in [0.15, 0.2) is 42.5 Å². The third-order valence-electron chi connectivity index (χ3n) is 7.51. The summed E-state index contributed by atoms with van der Waals surface area (Å²) in [5.41, 5.74) is 1.29. The second-order valence-electron chi connectivity index (χ2n) is 9.90. The van der Waals surface area contributed by atoms with E-state index in [4.69, 9.17) is 4.98 Å². The maximum Gasteiger partial charge on any atom is 0.269 e. The number of benzene rings is 1. The van der Waals surface area contributed by atoms with Crippen LogP contribution in [0.2, 0.25) is 0 Å². The zero-order valence-corrected chi connectivity index (χ0v) is 20.6. The molecule has 3 aromatic rings. The molecule has 0 unspecified atom stereocenters. The van der Waals surface area contributed by atoms with Gasteiger partial charge in [-0.25, -0.2) is 13.8 Å². The number of aliphatic hydroxyl groups excluding tert-OH is 1. The first kappa shape index (κ1) is 24.9. The molecule has 0 saturated heterocycles. The molecule has 8 heteroatoms. The third kappa shape index (κ3) is 3.99. The number of nitrogens with one attached hydrogen (secondary N) is 1. The van der Waals surface area contributed by atoms with Gasteiger partial charge in [-0.1, -0.05) is 32.9 Å². The van der Waals surface area contributed by atoms with E-state index in [0.29, 0.717) is 11.4 Å². The summed E-state index contributed by atoms with van der Waals surface area (Å²) >= 11 is 0. The highest BCUT2D eigenvalue weighted by Crippen LogP contribution is 2.61. The molecule has 0 saturated carbocycles. The number of fused-ring (bicyclic) bond motifs is 1. The first-order chi connectivity index (χ1) is 16.5. The molecule has 184 valence electrons. The number of aliphatic hydroxyl groups is 1. The van der Waals surface area contributed by atoms with Gasteiger partial charge in [0.2, 0.25) is 0 Å². The van der Waals surface area contributed by atoms with E-state index in [1.807, 2.05) is 13.0 Å². The van der Waals surface area contributed by atoms with E-state index in [0.717, 1.165) is 12.0 Å². The van der Waals surface area contributed by atoms with Gasteiger partial charge in [-0.3, -0.25) is 4.79 Å². The van der Waals surface area contributed by atoms with Gasteiger partial charge in [0, 0.05) is 6.54 Å². The summed E-state index contributed by atoms with van der Waals surface area (Å²) < 4.78 is 29.0. The molecule has 4 rings (SSSR count). The fourth-order valence-corrected chi connectivity index (χ4v) is 5.32. The van der Waals surface area contributed by atoms with Crippen LogP contribution in [0.5, 0.6) is 0 Å². The summed E-state index contributed by atoms with van der Waals surface area (Å²) in [6.07, 6.45) is 0.101. The maximum atomic E-state index is 14.5. The van der Waals surface area contributed by atoms with Crippen molar-refractivity contribution in [3.63, 3.8) is 0 Å².